The van der Waals surface area contributed by atoms with Crippen molar-refractivity contribution in [2.45, 2.75) is 18.8 Å². The van der Waals surface area contributed by atoms with Crippen LogP contribution < -0.4 is 11.1 Å². The van der Waals surface area contributed by atoms with Crippen LogP contribution in [0.2, 0.25) is 0 Å². The lowest BCUT2D eigenvalue weighted by atomic mass is 9.99. The monoisotopic (exact) mass is 214 g/mol. The molecule has 1 fully saturated rings. The molecule has 5 heteroatoms. The number of nitrogens with zero attached hydrogens (tertiary/aromatic N) is 2. The van der Waals surface area contributed by atoms with E-state index < -0.39 is 0 Å². The normalized spacial score (nSPS) is 21.3. The lowest BCUT2D eigenvalue weighted by molar-refractivity contribution is 0.447. The fraction of sp³-hybridized carbons (Fsp3) is 0.556. The first-order valence-corrected chi connectivity index (χ1v) is 4.65. The number of nitrogen functional groups attached to an aromatic ring is 1. The predicted molar refractivity (Wildman–Crippen MR) is 58.5 cm³/mol. The van der Waals surface area contributed by atoms with Gasteiger partial charge in [-0.15, -0.1) is 12.4 Å². The zero-order valence-electron chi connectivity index (χ0n) is 7.94. The lowest BCUT2D eigenvalue weighted by Crippen LogP contribution is -2.29. The van der Waals surface area contributed by atoms with Crippen LogP contribution in [0.4, 0.5) is 5.82 Å². The molecule has 3 N–H and O–H groups in total. The second kappa shape index (κ2) is 5.12. The highest BCUT2D eigenvalue weighted by atomic mass is 35.5. The van der Waals surface area contributed by atoms with Crippen molar-refractivity contribution in [1.29, 1.82) is 0 Å². The van der Waals surface area contributed by atoms with Crippen LogP contribution in [0.5, 0.6) is 0 Å². The second-order valence-electron chi connectivity index (χ2n) is 3.38. The molecule has 1 aliphatic rings. The Kier molecular flexibility index (Phi) is 4.10. The zero-order valence-corrected chi connectivity index (χ0v) is 8.76. The summed E-state index contributed by atoms with van der Waals surface area (Å²) in [6.45, 7) is 2.09. The van der Waals surface area contributed by atoms with E-state index in [4.69, 9.17) is 5.73 Å². The number of aromatic nitrogens is 2. The molecule has 78 valence electrons. The van der Waals surface area contributed by atoms with Crippen LogP contribution in [0.1, 0.15) is 24.6 Å². The summed E-state index contributed by atoms with van der Waals surface area (Å²) < 4.78 is 0. The summed E-state index contributed by atoms with van der Waals surface area (Å²) in [4.78, 5) is 8.46. The maximum Gasteiger partial charge on any atom is 0.135 e. The fourth-order valence-corrected chi connectivity index (χ4v) is 1.66. The molecule has 0 bridgehead atoms. The van der Waals surface area contributed by atoms with E-state index >= 15 is 0 Å². The van der Waals surface area contributed by atoms with Crippen molar-refractivity contribution >= 4 is 18.2 Å². The van der Waals surface area contributed by atoms with Crippen LogP contribution in [0, 0.1) is 0 Å². The number of rotatable bonds is 1. The molecule has 0 spiro atoms. The first-order valence-electron chi connectivity index (χ1n) is 4.65. The number of anilines is 1. The number of nitrogens with one attached hydrogen (secondary N) is 1. The van der Waals surface area contributed by atoms with Crippen LogP contribution in [0.3, 0.4) is 0 Å². The van der Waals surface area contributed by atoms with Crippen molar-refractivity contribution in [3.05, 3.63) is 18.1 Å². The van der Waals surface area contributed by atoms with Gasteiger partial charge in [-0.05, 0) is 25.5 Å². The number of hydrogen-bond acceptors (Lipinski definition) is 4. The summed E-state index contributed by atoms with van der Waals surface area (Å²) in [5, 5.41) is 3.33. The molecule has 0 radical (unpaired) electrons. The molecular formula is C9H15ClN4. The van der Waals surface area contributed by atoms with Crippen LogP contribution in [0.25, 0.3) is 0 Å². The van der Waals surface area contributed by atoms with Gasteiger partial charge < -0.3 is 11.1 Å². The molecule has 0 aromatic carbocycles. The maximum atomic E-state index is 5.59. The molecule has 2 rings (SSSR count). The van der Waals surface area contributed by atoms with Gasteiger partial charge in [0.05, 0.1) is 0 Å². The van der Waals surface area contributed by atoms with Crippen molar-refractivity contribution in [2.75, 3.05) is 18.8 Å². The molecule has 1 aliphatic heterocycles. The quantitative estimate of drug-likeness (QED) is 0.731. The Hall–Kier alpha value is -0.870. The van der Waals surface area contributed by atoms with Gasteiger partial charge >= 0.3 is 0 Å². The Labute approximate surface area is 89.7 Å². The van der Waals surface area contributed by atoms with E-state index in [0.29, 0.717) is 11.7 Å². The molecular weight excluding hydrogens is 200 g/mol. The summed E-state index contributed by atoms with van der Waals surface area (Å²) in [5.74, 6) is 1.89. The largest absolute Gasteiger partial charge is 0.384 e. The summed E-state index contributed by atoms with van der Waals surface area (Å²) >= 11 is 0. The van der Waals surface area contributed by atoms with Gasteiger partial charge in [0, 0.05) is 18.7 Å². The highest BCUT2D eigenvalue weighted by Gasteiger charge is 2.17. The van der Waals surface area contributed by atoms with Crippen molar-refractivity contribution in [2.24, 2.45) is 0 Å². The first kappa shape index (κ1) is 11.2. The van der Waals surface area contributed by atoms with Gasteiger partial charge in [-0.25, -0.2) is 9.97 Å². The predicted octanol–water partition coefficient (Wildman–Crippen LogP) is 0.948. The van der Waals surface area contributed by atoms with Gasteiger partial charge in [0.2, 0.25) is 0 Å². The summed E-state index contributed by atoms with van der Waals surface area (Å²) in [7, 11) is 0. The smallest absolute Gasteiger partial charge is 0.135 e. The molecule has 0 aliphatic carbocycles. The van der Waals surface area contributed by atoms with Gasteiger partial charge in [0.1, 0.15) is 11.6 Å². The maximum absolute atomic E-state index is 5.59. The van der Waals surface area contributed by atoms with Crippen LogP contribution in [-0.4, -0.2) is 23.1 Å². The minimum Gasteiger partial charge on any atom is -0.384 e. The van der Waals surface area contributed by atoms with E-state index in [9.17, 15) is 0 Å². The topological polar surface area (TPSA) is 63.8 Å². The fourth-order valence-electron chi connectivity index (χ4n) is 1.66. The standard InChI is InChI=1S/C9H14N4.ClH/c10-8-3-5-12-9(13-8)7-2-1-4-11-6-7;/h3,5,7,11H,1-2,4,6H2,(H2,10,12,13);1H. The summed E-state index contributed by atoms with van der Waals surface area (Å²) in [6.07, 6.45) is 4.09. The molecule has 1 aromatic rings. The van der Waals surface area contributed by atoms with E-state index in [1.165, 1.54) is 6.42 Å². The zero-order chi connectivity index (χ0) is 9.10. The van der Waals surface area contributed by atoms with E-state index in [0.717, 1.165) is 25.3 Å². The van der Waals surface area contributed by atoms with E-state index in [-0.39, 0.29) is 12.4 Å². The molecule has 2 heterocycles. The number of nitrogens with two attached hydrogens (primary N) is 1. The molecule has 0 saturated carbocycles. The Bertz CT molecular complexity index is 286. The Morgan fingerprint density at radius 3 is 3.00 bits per heavy atom. The molecule has 4 nitrogen and oxygen atoms in total. The Morgan fingerprint density at radius 1 is 1.50 bits per heavy atom. The molecule has 14 heavy (non-hydrogen) atoms. The second-order valence-corrected chi connectivity index (χ2v) is 3.38. The van der Waals surface area contributed by atoms with Crippen molar-refractivity contribution in [1.82, 2.24) is 15.3 Å². The first-order chi connectivity index (χ1) is 6.36. The van der Waals surface area contributed by atoms with Gasteiger partial charge in [-0.1, -0.05) is 0 Å². The minimum absolute atomic E-state index is 0. The highest BCUT2D eigenvalue weighted by molar-refractivity contribution is 5.85. The SMILES string of the molecule is Cl.Nc1ccnc(C2CCCNC2)n1. The summed E-state index contributed by atoms with van der Waals surface area (Å²) in [6, 6.07) is 1.72. The highest BCUT2D eigenvalue weighted by Crippen LogP contribution is 2.19. The average molecular weight is 215 g/mol. The van der Waals surface area contributed by atoms with E-state index in [1.54, 1.807) is 12.3 Å². The molecule has 1 unspecified atom stereocenters. The Balaban J connectivity index is 0.000000980. The molecule has 0 amide bonds. The average Bonchev–Trinajstić information content (AvgIpc) is 2.19. The number of hydrogen-bond donors (Lipinski definition) is 2. The Morgan fingerprint density at radius 2 is 2.36 bits per heavy atom. The third kappa shape index (κ3) is 2.56. The third-order valence-electron chi connectivity index (χ3n) is 2.36. The van der Waals surface area contributed by atoms with E-state index in [1.807, 2.05) is 0 Å². The van der Waals surface area contributed by atoms with Crippen molar-refractivity contribution in [3.8, 4) is 0 Å². The summed E-state index contributed by atoms with van der Waals surface area (Å²) in [5.41, 5.74) is 5.59. The van der Waals surface area contributed by atoms with Gasteiger partial charge in [-0.2, -0.15) is 0 Å². The number of piperidine rings is 1. The molecule has 1 atom stereocenters. The van der Waals surface area contributed by atoms with Gasteiger partial charge in [0.25, 0.3) is 0 Å². The van der Waals surface area contributed by atoms with Crippen molar-refractivity contribution in [3.63, 3.8) is 0 Å². The van der Waals surface area contributed by atoms with Crippen molar-refractivity contribution < 1.29 is 0 Å². The minimum atomic E-state index is 0. The van der Waals surface area contributed by atoms with Gasteiger partial charge in [0.15, 0.2) is 0 Å². The van der Waals surface area contributed by atoms with Crippen LogP contribution in [-0.2, 0) is 0 Å². The van der Waals surface area contributed by atoms with Gasteiger partial charge in [-0.3, -0.25) is 0 Å². The van der Waals surface area contributed by atoms with Crippen LogP contribution >= 0.6 is 12.4 Å². The van der Waals surface area contributed by atoms with Crippen LogP contribution in [0.15, 0.2) is 12.3 Å². The lowest BCUT2D eigenvalue weighted by Gasteiger charge is -2.21. The molecule has 1 saturated heterocycles. The molecule has 1 aromatic heterocycles. The third-order valence-corrected chi connectivity index (χ3v) is 2.36. The number of halogens is 1. The van der Waals surface area contributed by atoms with E-state index in [2.05, 4.69) is 15.3 Å².